The van der Waals surface area contributed by atoms with E-state index in [2.05, 4.69) is 45.3 Å². The van der Waals surface area contributed by atoms with E-state index in [1.165, 1.54) is 35.0 Å². The van der Waals surface area contributed by atoms with Gasteiger partial charge in [0.2, 0.25) is 0 Å². The number of rotatable bonds is 4. The number of fused-ring (bicyclic) bond motifs is 3. The fraction of sp³-hybridized carbons (Fsp3) is 0.400. The summed E-state index contributed by atoms with van der Waals surface area (Å²) in [4.78, 5) is 21.3. The van der Waals surface area contributed by atoms with E-state index in [1.54, 1.807) is 0 Å². The van der Waals surface area contributed by atoms with Crippen LogP contribution in [0.15, 0.2) is 42.5 Å². The summed E-state index contributed by atoms with van der Waals surface area (Å²) in [5.41, 5.74) is 6.73. The highest BCUT2D eigenvalue weighted by Crippen LogP contribution is 2.30. The minimum atomic E-state index is -0.0422. The van der Waals surface area contributed by atoms with Crippen molar-refractivity contribution in [2.45, 2.75) is 32.2 Å². The molecule has 2 aromatic carbocycles. The third-order valence-corrected chi connectivity index (χ3v) is 6.55. The molecule has 0 bridgehead atoms. The van der Waals surface area contributed by atoms with Crippen LogP contribution in [-0.4, -0.2) is 53.9 Å². The Hall–Kier alpha value is -2.63. The van der Waals surface area contributed by atoms with Gasteiger partial charge in [-0.1, -0.05) is 12.1 Å². The van der Waals surface area contributed by atoms with Crippen molar-refractivity contribution in [1.29, 1.82) is 0 Å². The highest BCUT2D eigenvalue weighted by molar-refractivity contribution is 6.06. The smallest absolute Gasteiger partial charge is 0.255 e. The van der Waals surface area contributed by atoms with Crippen molar-refractivity contribution >= 4 is 22.5 Å². The zero-order chi connectivity index (χ0) is 20.5. The number of H-pyrrole nitrogens is 1. The van der Waals surface area contributed by atoms with Crippen molar-refractivity contribution in [2.75, 3.05) is 38.5 Å². The van der Waals surface area contributed by atoms with Crippen LogP contribution in [0.5, 0.6) is 0 Å². The first-order chi connectivity index (χ1) is 14.7. The quantitative estimate of drug-likeness (QED) is 0.692. The second-order valence-electron chi connectivity index (χ2n) is 8.78. The van der Waals surface area contributed by atoms with Gasteiger partial charge in [-0.15, -0.1) is 0 Å². The van der Waals surface area contributed by atoms with Crippen LogP contribution < -0.4 is 5.32 Å². The summed E-state index contributed by atoms with van der Waals surface area (Å²) in [6, 6.07) is 14.3. The molecule has 1 aliphatic carbocycles. The van der Waals surface area contributed by atoms with E-state index in [-0.39, 0.29) is 5.91 Å². The molecule has 0 radical (unpaired) electrons. The Labute approximate surface area is 178 Å². The van der Waals surface area contributed by atoms with Crippen LogP contribution in [0.3, 0.4) is 0 Å². The van der Waals surface area contributed by atoms with E-state index in [1.807, 2.05) is 24.3 Å². The molecule has 1 amide bonds. The Bertz CT molecular complexity index is 1060. The highest BCUT2D eigenvalue weighted by Gasteiger charge is 2.17. The molecule has 5 heteroatoms. The SMILES string of the molecule is CN1CCN(Cc2cccc(NC(=O)c3ccc4[nH]c5c(c4c3)CCCC5)c2)CC1. The first kappa shape index (κ1) is 19.3. The van der Waals surface area contributed by atoms with E-state index in [9.17, 15) is 4.79 Å². The number of aromatic amines is 1. The second kappa shape index (κ2) is 8.25. The Morgan fingerprint density at radius 3 is 2.73 bits per heavy atom. The first-order valence-electron chi connectivity index (χ1n) is 11.1. The van der Waals surface area contributed by atoms with Crippen LogP contribution in [0.1, 0.15) is 40.0 Å². The number of carbonyl (C=O) groups excluding carboxylic acids is 1. The van der Waals surface area contributed by atoms with Gasteiger partial charge >= 0.3 is 0 Å². The molecule has 1 aromatic heterocycles. The Kier molecular flexibility index (Phi) is 5.32. The lowest BCUT2D eigenvalue weighted by atomic mass is 9.95. The number of benzene rings is 2. The molecule has 2 heterocycles. The van der Waals surface area contributed by atoms with E-state index in [0.29, 0.717) is 0 Å². The van der Waals surface area contributed by atoms with Crippen molar-refractivity contribution < 1.29 is 4.79 Å². The topological polar surface area (TPSA) is 51.4 Å². The number of hydrogen-bond donors (Lipinski definition) is 2. The summed E-state index contributed by atoms with van der Waals surface area (Å²) >= 11 is 0. The fourth-order valence-corrected chi connectivity index (χ4v) is 4.76. The number of nitrogens with one attached hydrogen (secondary N) is 2. The summed E-state index contributed by atoms with van der Waals surface area (Å²) in [7, 11) is 2.17. The number of nitrogens with zero attached hydrogens (tertiary/aromatic N) is 2. The molecular formula is C25H30N4O. The van der Waals surface area contributed by atoms with Crippen LogP contribution in [0.2, 0.25) is 0 Å². The van der Waals surface area contributed by atoms with Gasteiger partial charge in [0.15, 0.2) is 0 Å². The van der Waals surface area contributed by atoms with Crippen LogP contribution in [0, 0.1) is 0 Å². The standard InChI is InChI=1S/C25H30N4O/c1-28-11-13-29(14-12-28)17-18-5-4-6-20(15-18)26-25(30)19-9-10-24-22(16-19)21-7-2-3-8-23(21)27-24/h4-6,9-10,15-16,27H,2-3,7-8,11-14,17H2,1H3,(H,26,30). The molecule has 156 valence electrons. The number of piperazine rings is 1. The predicted octanol–water partition coefficient (Wildman–Crippen LogP) is 4.05. The van der Waals surface area contributed by atoms with Crippen molar-refractivity contribution in [3.8, 4) is 0 Å². The molecule has 0 spiro atoms. The summed E-state index contributed by atoms with van der Waals surface area (Å²) < 4.78 is 0. The van der Waals surface area contributed by atoms with Gasteiger partial charge in [0.25, 0.3) is 5.91 Å². The number of aryl methyl sites for hydroxylation is 2. The van der Waals surface area contributed by atoms with Gasteiger partial charge in [0.1, 0.15) is 0 Å². The van der Waals surface area contributed by atoms with Gasteiger partial charge in [-0.25, -0.2) is 0 Å². The third-order valence-electron chi connectivity index (χ3n) is 6.55. The molecular weight excluding hydrogens is 372 g/mol. The molecule has 1 fully saturated rings. The predicted molar refractivity (Wildman–Crippen MR) is 122 cm³/mol. The molecule has 0 atom stereocenters. The summed E-state index contributed by atoms with van der Waals surface area (Å²) in [6.45, 7) is 5.34. The van der Waals surface area contributed by atoms with Crippen LogP contribution in [0.25, 0.3) is 10.9 Å². The molecule has 2 aliphatic rings. The maximum absolute atomic E-state index is 12.9. The van der Waals surface area contributed by atoms with Crippen molar-refractivity contribution in [3.63, 3.8) is 0 Å². The van der Waals surface area contributed by atoms with Gasteiger partial charge < -0.3 is 15.2 Å². The number of carbonyl (C=O) groups is 1. The zero-order valence-electron chi connectivity index (χ0n) is 17.7. The second-order valence-corrected chi connectivity index (χ2v) is 8.78. The molecule has 5 nitrogen and oxygen atoms in total. The number of hydrogen-bond acceptors (Lipinski definition) is 3. The average Bonchev–Trinajstić information content (AvgIpc) is 3.13. The largest absolute Gasteiger partial charge is 0.358 e. The highest BCUT2D eigenvalue weighted by atomic mass is 16.1. The number of aromatic nitrogens is 1. The third kappa shape index (κ3) is 4.00. The monoisotopic (exact) mass is 402 g/mol. The minimum absolute atomic E-state index is 0.0422. The molecule has 0 saturated carbocycles. The van der Waals surface area contributed by atoms with Crippen LogP contribution in [0.4, 0.5) is 5.69 Å². The fourth-order valence-electron chi connectivity index (χ4n) is 4.76. The van der Waals surface area contributed by atoms with Crippen molar-refractivity contribution in [3.05, 3.63) is 64.8 Å². The van der Waals surface area contributed by atoms with Crippen molar-refractivity contribution in [2.24, 2.45) is 0 Å². The van der Waals surface area contributed by atoms with E-state index in [0.717, 1.165) is 62.3 Å². The molecule has 2 N–H and O–H groups in total. The van der Waals surface area contributed by atoms with Crippen LogP contribution >= 0.6 is 0 Å². The minimum Gasteiger partial charge on any atom is -0.358 e. The molecule has 1 aliphatic heterocycles. The molecule has 0 unspecified atom stereocenters. The Balaban J connectivity index is 1.30. The maximum atomic E-state index is 12.9. The van der Waals surface area contributed by atoms with Crippen molar-refractivity contribution in [1.82, 2.24) is 14.8 Å². The average molecular weight is 403 g/mol. The van der Waals surface area contributed by atoms with Gasteiger partial charge in [0, 0.05) is 60.6 Å². The van der Waals surface area contributed by atoms with Gasteiger partial charge in [-0.3, -0.25) is 9.69 Å². The normalized spacial score (nSPS) is 17.8. The maximum Gasteiger partial charge on any atom is 0.255 e. The Morgan fingerprint density at radius 2 is 1.87 bits per heavy atom. The summed E-state index contributed by atoms with van der Waals surface area (Å²) in [6.07, 6.45) is 4.70. The summed E-state index contributed by atoms with van der Waals surface area (Å²) in [5.74, 6) is -0.0422. The molecule has 1 saturated heterocycles. The lowest BCUT2D eigenvalue weighted by Crippen LogP contribution is -2.43. The molecule has 5 rings (SSSR count). The number of likely N-dealkylation sites (N-methyl/N-ethyl adjacent to an activating group) is 1. The van der Waals surface area contributed by atoms with E-state index in [4.69, 9.17) is 0 Å². The van der Waals surface area contributed by atoms with E-state index >= 15 is 0 Å². The van der Waals surface area contributed by atoms with Gasteiger partial charge in [-0.05, 0) is 74.2 Å². The zero-order valence-corrected chi connectivity index (χ0v) is 17.7. The lowest BCUT2D eigenvalue weighted by Gasteiger charge is -2.32. The number of amides is 1. The summed E-state index contributed by atoms with van der Waals surface area (Å²) in [5, 5.41) is 4.31. The number of anilines is 1. The van der Waals surface area contributed by atoms with Gasteiger partial charge in [0.05, 0.1) is 0 Å². The van der Waals surface area contributed by atoms with Crippen LogP contribution in [-0.2, 0) is 19.4 Å². The van der Waals surface area contributed by atoms with E-state index < -0.39 is 0 Å². The molecule has 3 aromatic rings. The lowest BCUT2D eigenvalue weighted by molar-refractivity contribution is 0.102. The Morgan fingerprint density at radius 1 is 1.03 bits per heavy atom. The first-order valence-corrected chi connectivity index (χ1v) is 11.1. The van der Waals surface area contributed by atoms with Gasteiger partial charge in [-0.2, -0.15) is 0 Å². The molecule has 30 heavy (non-hydrogen) atoms.